The fraction of sp³-hybridized carbons (Fsp3) is 0.533. The maximum atomic E-state index is 13.7. The van der Waals surface area contributed by atoms with Crippen LogP contribution in [-0.4, -0.2) is 44.7 Å². The minimum absolute atomic E-state index is 0.141. The summed E-state index contributed by atoms with van der Waals surface area (Å²) in [5.74, 6) is -0.351. The third-order valence-corrected chi connectivity index (χ3v) is 4.64. The fourth-order valence-corrected chi connectivity index (χ4v) is 3.52. The number of hydrogen-bond donors (Lipinski definition) is 2. The molecule has 0 saturated carbocycles. The van der Waals surface area contributed by atoms with Crippen LogP contribution in [0.2, 0.25) is 0 Å². The highest BCUT2D eigenvalue weighted by atomic mass is 32.2. The van der Waals surface area contributed by atoms with Crippen LogP contribution in [0.1, 0.15) is 31.4 Å². The molecule has 0 aliphatic carbocycles. The van der Waals surface area contributed by atoms with Gasteiger partial charge in [0.15, 0.2) is 0 Å². The van der Waals surface area contributed by atoms with Gasteiger partial charge in [-0.25, -0.2) is 22.3 Å². The van der Waals surface area contributed by atoms with E-state index in [1.165, 1.54) is 6.07 Å². The van der Waals surface area contributed by atoms with Crippen molar-refractivity contribution in [2.75, 3.05) is 19.3 Å². The Morgan fingerprint density at radius 1 is 1.30 bits per heavy atom. The number of piperidine rings is 1. The predicted octanol–water partition coefficient (Wildman–Crippen LogP) is 1.61. The Bertz CT molecular complexity index is 658. The van der Waals surface area contributed by atoms with E-state index in [0.29, 0.717) is 31.5 Å². The van der Waals surface area contributed by atoms with Crippen molar-refractivity contribution < 1.29 is 17.6 Å². The molecule has 8 heteroatoms. The number of carbonyl (C=O) groups is 1. The standard InChI is InChI=1S/C15H22FN3O3S/c1-11(13-5-3-4-6-14(13)16)17-15(20)19-9-7-12(8-10-19)18-23(2,21)22/h3-6,11-12,18H,7-10H2,1-2H3,(H,17,20). The van der Waals surface area contributed by atoms with Gasteiger partial charge in [-0.3, -0.25) is 0 Å². The lowest BCUT2D eigenvalue weighted by molar-refractivity contribution is 0.177. The molecule has 1 aromatic carbocycles. The number of rotatable bonds is 4. The molecule has 1 atom stereocenters. The lowest BCUT2D eigenvalue weighted by Gasteiger charge is -2.32. The zero-order valence-corrected chi connectivity index (χ0v) is 14.1. The zero-order chi connectivity index (χ0) is 17.0. The lowest BCUT2D eigenvalue weighted by Crippen LogP contribution is -2.49. The normalized spacial score (nSPS) is 17.8. The minimum Gasteiger partial charge on any atom is -0.331 e. The van der Waals surface area contributed by atoms with Crippen molar-refractivity contribution in [2.45, 2.75) is 31.8 Å². The van der Waals surface area contributed by atoms with Crippen molar-refractivity contribution in [3.8, 4) is 0 Å². The number of hydrogen-bond acceptors (Lipinski definition) is 3. The number of sulfonamides is 1. The number of carbonyl (C=O) groups excluding carboxylic acids is 1. The molecule has 0 aromatic heterocycles. The Morgan fingerprint density at radius 2 is 1.91 bits per heavy atom. The highest BCUT2D eigenvalue weighted by molar-refractivity contribution is 7.88. The van der Waals surface area contributed by atoms with Crippen molar-refractivity contribution in [2.24, 2.45) is 0 Å². The molecule has 0 radical (unpaired) electrons. The Hall–Kier alpha value is -1.67. The first-order valence-electron chi connectivity index (χ1n) is 7.53. The number of nitrogens with one attached hydrogen (secondary N) is 2. The van der Waals surface area contributed by atoms with E-state index in [1.54, 1.807) is 30.0 Å². The van der Waals surface area contributed by atoms with Crippen LogP contribution in [0.3, 0.4) is 0 Å². The molecule has 1 fully saturated rings. The smallest absolute Gasteiger partial charge is 0.317 e. The second kappa shape index (κ2) is 7.27. The lowest BCUT2D eigenvalue weighted by atomic mass is 10.1. The Balaban J connectivity index is 1.87. The molecule has 128 valence electrons. The summed E-state index contributed by atoms with van der Waals surface area (Å²) in [4.78, 5) is 13.9. The second-order valence-electron chi connectivity index (χ2n) is 5.84. The van der Waals surface area contributed by atoms with Crippen LogP contribution in [0.25, 0.3) is 0 Å². The summed E-state index contributed by atoms with van der Waals surface area (Å²) < 4.78 is 38.7. The molecule has 1 aliphatic rings. The molecule has 1 unspecified atom stereocenters. The molecule has 2 amide bonds. The van der Waals surface area contributed by atoms with E-state index in [1.807, 2.05) is 0 Å². The van der Waals surface area contributed by atoms with Crippen LogP contribution in [0, 0.1) is 5.82 Å². The predicted molar refractivity (Wildman–Crippen MR) is 85.9 cm³/mol. The molecular formula is C15H22FN3O3S. The number of amides is 2. The van der Waals surface area contributed by atoms with Crippen LogP contribution < -0.4 is 10.0 Å². The van der Waals surface area contributed by atoms with Crippen LogP contribution in [0.5, 0.6) is 0 Å². The summed E-state index contributed by atoms with van der Waals surface area (Å²) in [5, 5.41) is 2.78. The maximum Gasteiger partial charge on any atom is 0.317 e. The quantitative estimate of drug-likeness (QED) is 0.872. The first kappa shape index (κ1) is 17.7. The van der Waals surface area contributed by atoms with Gasteiger partial charge in [0.05, 0.1) is 12.3 Å². The summed E-state index contributed by atoms with van der Waals surface area (Å²) in [6.45, 7) is 2.65. The number of halogens is 1. The molecule has 1 aromatic rings. The van der Waals surface area contributed by atoms with Crippen molar-refractivity contribution >= 4 is 16.1 Å². The van der Waals surface area contributed by atoms with Gasteiger partial charge in [0.2, 0.25) is 10.0 Å². The maximum absolute atomic E-state index is 13.7. The van der Waals surface area contributed by atoms with E-state index in [2.05, 4.69) is 10.0 Å². The van der Waals surface area contributed by atoms with Gasteiger partial charge in [-0.05, 0) is 25.8 Å². The molecule has 2 rings (SSSR count). The summed E-state index contributed by atoms with van der Waals surface area (Å²) in [6, 6.07) is 5.49. The summed E-state index contributed by atoms with van der Waals surface area (Å²) in [5.41, 5.74) is 0.439. The van der Waals surface area contributed by atoms with Crippen molar-refractivity contribution in [3.05, 3.63) is 35.6 Å². The SMILES string of the molecule is CC(NC(=O)N1CCC(NS(C)(=O)=O)CC1)c1ccccc1F. The van der Waals surface area contributed by atoms with Crippen LogP contribution in [-0.2, 0) is 10.0 Å². The molecular weight excluding hydrogens is 321 g/mol. The monoisotopic (exact) mass is 343 g/mol. The van der Waals surface area contributed by atoms with E-state index in [-0.39, 0.29) is 17.9 Å². The van der Waals surface area contributed by atoms with E-state index in [0.717, 1.165) is 6.26 Å². The van der Waals surface area contributed by atoms with Crippen molar-refractivity contribution in [3.63, 3.8) is 0 Å². The van der Waals surface area contributed by atoms with E-state index >= 15 is 0 Å². The summed E-state index contributed by atoms with van der Waals surface area (Å²) >= 11 is 0. The topological polar surface area (TPSA) is 78.5 Å². The third-order valence-electron chi connectivity index (χ3n) is 3.87. The molecule has 6 nitrogen and oxygen atoms in total. The van der Waals surface area contributed by atoms with E-state index < -0.39 is 16.1 Å². The van der Waals surface area contributed by atoms with Gasteiger partial charge in [-0.2, -0.15) is 0 Å². The minimum atomic E-state index is -3.23. The Morgan fingerprint density at radius 3 is 2.48 bits per heavy atom. The van der Waals surface area contributed by atoms with Gasteiger partial charge in [0.1, 0.15) is 5.82 Å². The van der Waals surface area contributed by atoms with Crippen LogP contribution >= 0.6 is 0 Å². The average Bonchev–Trinajstić information content (AvgIpc) is 2.46. The van der Waals surface area contributed by atoms with Crippen molar-refractivity contribution in [1.29, 1.82) is 0 Å². The fourth-order valence-electron chi connectivity index (χ4n) is 2.68. The first-order valence-corrected chi connectivity index (χ1v) is 9.42. The van der Waals surface area contributed by atoms with Crippen LogP contribution in [0.15, 0.2) is 24.3 Å². The Labute approximate surface area is 136 Å². The van der Waals surface area contributed by atoms with Gasteiger partial charge in [0.25, 0.3) is 0 Å². The number of nitrogens with zero attached hydrogens (tertiary/aromatic N) is 1. The molecule has 1 aliphatic heterocycles. The number of benzene rings is 1. The van der Waals surface area contributed by atoms with Gasteiger partial charge in [0, 0.05) is 24.7 Å². The number of urea groups is 1. The zero-order valence-electron chi connectivity index (χ0n) is 13.3. The highest BCUT2D eigenvalue weighted by Crippen LogP contribution is 2.17. The van der Waals surface area contributed by atoms with Gasteiger partial charge >= 0.3 is 6.03 Å². The first-order chi connectivity index (χ1) is 10.8. The molecule has 0 spiro atoms. The van der Waals surface area contributed by atoms with Crippen molar-refractivity contribution in [1.82, 2.24) is 14.9 Å². The molecule has 0 bridgehead atoms. The summed E-state index contributed by atoms with van der Waals surface area (Å²) in [7, 11) is -3.23. The Kier molecular flexibility index (Phi) is 5.59. The largest absolute Gasteiger partial charge is 0.331 e. The number of likely N-dealkylation sites (tertiary alicyclic amines) is 1. The molecule has 1 saturated heterocycles. The van der Waals surface area contributed by atoms with Gasteiger partial charge in [-0.15, -0.1) is 0 Å². The third kappa shape index (κ3) is 5.18. The molecule has 1 heterocycles. The molecule has 23 heavy (non-hydrogen) atoms. The van der Waals surface area contributed by atoms with Gasteiger partial charge in [-0.1, -0.05) is 18.2 Å². The van der Waals surface area contributed by atoms with E-state index in [4.69, 9.17) is 0 Å². The van der Waals surface area contributed by atoms with E-state index in [9.17, 15) is 17.6 Å². The average molecular weight is 343 g/mol. The van der Waals surface area contributed by atoms with Gasteiger partial charge < -0.3 is 10.2 Å². The second-order valence-corrected chi connectivity index (χ2v) is 7.62. The van der Waals surface area contributed by atoms with Crippen LogP contribution in [0.4, 0.5) is 9.18 Å². The highest BCUT2D eigenvalue weighted by Gasteiger charge is 2.25. The molecule has 2 N–H and O–H groups in total. The summed E-state index contributed by atoms with van der Waals surface area (Å²) in [6.07, 6.45) is 2.26.